The molecule has 0 saturated heterocycles. The quantitative estimate of drug-likeness (QED) is 0.496. The van der Waals surface area contributed by atoms with E-state index in [-0.39, 0.29) is 0 Å². The Labute approximate surface area is 70.4 Å². The van der Waals surface area contributed by atoms with Crippen molar-refractivity contribution in [1.82, 2.24) is 0 Å². The summed E-state index contributed by atoms with van der Waals surface area (Å²) in [6, 6.07) is 0. The average molecular weight is 152 g/mol. The Kier molecular flexibility index (Phi) is 1.56. The molecule has 0 aromatic heterocycles. The molecule has 0 amide bonds. The van der Waals surface area contributed by atoms with Crippen LogP contribution in [0.3, 0.4) is 0 Å². The summed E-state index contributed by atoms with van der Waals surface area (Å²) in [5, 5.41) is 0. The Morgan fingerprint density at radius 3 is 1.73 bits per heavy atom. The monoisotopic (exact) mass is 152 g/mol. The van der Waals surface area contributed by atoms with Crippen molar-refractivity contribution < 1.29 is 0 Å². The third kappa shape index (κ3) is 0.947. The highest BCUT2D eigenvalue weighted by Crippen LogP contribution is 2.60. The third-order valence-corrected chi connectivity index (χ3v) is 4.45. The summed E-state index contributed by atoms with van der Waals surface area (Å²) in [4.78, 5) is 0. The molecular weight excluding hydrogens is 132 g/mol. The smallest absolute Gasteiger partial charge is 0.0246 e. The van der Waals surface area contributed by atoms with Gasteiger partial charge in [-0.15, -0.1) is 0 Å². The number of hydrogen-bond donors (Lipinski definition) is 0. The van der Waals surface area contributed by atoms with Crippen LogP contribution >= 0.6 is 0 Å². The first-order valence-corrected chi connectivity index (χ1v) is 5.16. The Bertz CT molecular complexity index is 144. The van der Waals surface area contributed by atoms with Crippen LogP contribution in [0.25, 0.3) is 0 Å². The summed E-state index contributed by atoms with van der Waals surface area (Å²) in [7, 11) is 0. The second-order valence-electron chi connectivity index (χ2n) is 5.22. The van der Waals surface area contributed by atoms with Gasteiger partial charge in [-0.1, -0.05) is 33.1 Å². The molecule has 2 fully saturated rings. The van der Waals surface area contributed by atoms with Crippen molar-refractivity contribution in [2.24, 2.45) is 10.8 Å². The lowest BCUT2D eigenvalue weighted by molar-refractivity contribution is 0.117. The highest BCUT2D eigenvalue weighted by Gasteiger charge is 2.49. The molecule has 0 N–H and O–H groups in total. The topological polar surface area (TPSA) is 0 Å². The minimum Gasteiger partial charge on any atom is -0.0594 e. The first kappa shape index (κ1) is 7.64. The maximum Gasteiger partial charge on any atom is -0.0246 e. The van der Waals surface area contributed by atoms with Crippen LogP contribution < -0.4 is 0 Å². The van der Waals surface area contributed by atoms with Gasteiger partial charge in [-0.3, -0.25) is 0 Å². The van der Waals surface area contributed by atoms with Crippen LogP contribution in [0.4, 0.5) is 0 Å². The zero-order chi connectivity index (χ0) is 7.95. The lowest BCUT2D eigenvalue weighted by atomic mass is 9.67. The van der Waals surface area contributed by atoms with Crippen LogP contribution in [0.1, 0.15) is 58.8 Å². The largest absolute Gasteiger partial charge is 0.0594 e. The predicted molar refractivity (Wildman–Crippen MR) is 48.5 cm³/mol. The van der Waals surface area contributed by atoms with Crippen molar-refractivity contribution in [1.29, 1.82) is 0 Å². The van der Waals surface area contributed by atoms with E-state index < -0.39 is 0 Å². The van der Waals surface area contributed by atoms with Gasteiger partial charge in [-0.25, -0.2) is 0 Å². The number of rotatable bonds is 0. The number of hydrogen-bond acceptors (Lipinski definition) is 0. The average Bonchev–Trinajstić information content (AvgIpc) is 2.45. The highest BCUT2D eigenvalue weighted by atomic mass is 14.5. The van der Waals surface area contributed by atoms with Crippen molar-refractivity contribution in [3.63, 3.8) is 0 Å². The van der Waals surface area contributed by atoms with Crippen LogP contribution in [0.2, 0.25) is 0 Å². The van der Waals surface area contributed by atoms with Crippen molar-refractivity contribution in [3.8, 4) is 0 Å². The van der Waals surface area contributed by atoms with E-state index in [0.717, 1.165) is 5.41 Å². The summed E-state index contributed by atoms with van der Waals surface area (Å²) in [5.74, 6) is 0. The van der Waals surface area contributed by atoms with E-state index in [1.54, 1.807) is 0 Å². The van der Waals surface area contributed by atoms with Gasteiger partial charge >= 0.3 is 0 Å². The zero-order valence-corrected chi connectivity index (χ0v) is 7.95. The Hall–Kier alpha value is 0. The predicted octanol–water partition coefficient (Wildman–Crippen LogP) is 3.76. The van der Waals surface area contributed by atoms with E-state index in [2.05, 4.69) is 13.8 Å². The molecule has 2 aliphatic rings. The van der Waals surface area contributed by atoms with Crippen molar-refractivity contribution in [2.75, 3.05) is 0 Å². The van der Waals surface area contributed by atoms with E-state index in [1.807, 2.05) is 0 Å². The molecule has 0 heteroatoms. The highest BCUT2D eigenvalue weighted by molar-refractivity contribution is 5.00. The molecule has 0 aromatic rings. The molecule has 0 atom stereocenters. The molecule has 64 valence electrons. The van der Waals surface area contributed by atoms with Crippen LogP contribution in [0, 0.1) is 10.8 Å². The van der Waals surface area contributed by atoms with Crippen LogP contribution in [0.5, 0.6) is 0 Å². The summed E-state index contributed by atoms with van der Waals surface area (Å²) in [5.41, 5.74) is 1.45. The van der Waals surface area contributed by atoms with Gasteiger partial charge in [-0.2, -0.15) is 0 Å². The van der Waals surface area contributed by atoms with Gasteiger partial charge in [0.05, 0.1) is 0 Å². The van der Waals surface area contributed by atoms with Gasteiger partial charge in [0.2, 0.25) is 0 Å². The molecule has 11 heavy (non-hydrogen) atoms. The normalized spacial score (nSPS) is 33.3. The minimum absolute atomic E-state index is 0.670. The molecule has 0 radical (unpaired) electrons. The molecule has 1 spiro atoms. The third-order valence-electron chi connectivity index (χ3n) is 4.45. The Morgan fingerprint density at radius 2 is 1.27 bits per heavy atom. The lowest BCUT2D eigenvalue weighted by Gasteiger charge is -2.38. The van der Waals surface area contributed by atoms with Crippen LogP contribution in [0.15, 0.2) is 0 Å². The molecule has 0 unspecified atom stereocenters. The Balaban J connectivity index is 2.22. The van der Waals surface area contributed by atoms with Gasteiger partial charge in [0.1, 0.15) is 0 Å². The van der Waals surface area contributed by atoms with Crippen LogP contribution in [-0.4, -0.2) is 0 Å². The molecular formula is C11H20. The second-order valence-corrected chi connectivity index (χ2v) is 5.22. The molecule has 0 aromatic carbocycles. The van der Waals surface area contributed by atoms with Gasteiger partial charge in [0.15, 0.2) is 0 Å². The van der Waals surface area contributed by atoms with Crippen LogP contribution in [-0.2, 0) is 0 Å². The fourth-order valence-corrected chi connectivity index (χ4v) is 3.45. The second kappa shape index (κ2) is 2.24. The maximum absolute atomic E-state index is 2.49. The Morgan fingerprint density at radius 1 is 0.727 bits per heavy atom. The molecule has 2 rings (SSSR count). The van der Waals surface area contributed by atoms with Gasteiger partial charge in [-0.05, 0) is 36.5 Å². The maximum atomic E-state index is 2.49. The standard InChI is InChI=1S/C11H20/c1-10(2)6-5-9-11(10)7-3-4-8-11/h3-9H2,1-2H3. The minimum atomic E-state index is 0.670. The zero-order valence-electron chi connectivity index (χ0n) is 7.95. The van der Waals surface area contributed by atoms with Crippen molar-refractivity contribution in [3.05, 3.63) is 0 Å². The SMILES string of the molecule is CC1(C)CCCC12CCCC2. The van der Waals surface area contributed by atoms with E-state index in [4.69, 9.17) is 0 Å². The van der Waals surface area contributed by atoms with E-state index in [0.29, 0.717) is 5.41 Å². The molecule has 2 aliphatic carbocycles. The fourth-order valence-electron chi connectivity index (χ4n) is 3.45. The summed E-state index contributed by atoms with van der Waals surface area (Å²) in [6.07, 6.45) is 10.6. The molecule has 0 aliphatic heterocycles. The molecule has 0 heterocycles. The molecule has 2 saturated carbocycles. The summed E-state index contributed by atoms with van der Waals surface area (Å²) < 4.78 is 0. The van der Waals surface area contributed by atoms with E-state index >= 15 is 0 Å². The fraction of sp³-hybridized carbons (Fsp3) is 1.00. The first-order chi connectivity index (χ1) is 5.16. The van der Waals surface area contributed by atoms with Gasteiger partial charge in [0, 0.05) is 0 Å². The van der Waals surface area contributed by atoms with E-state index in [1.165, 1.54) is 44.9 Å². The first-order valence-electron chi connectivity index (χ1n) is 5.16. The summed E-state index contributed by atoms with van der Waals surface area (Å²) in [6.45, 7) is 4.98. The lowest BCUT2D eigenvalue weighted by Crippen LogP contribution is -2.29. The van der Waals surface area contributed by atoms with Crippen molar-refractivity contribution in [2.45, 2.75) is 58.8 Å². The molecule has 0 nitrogen and oxygen atoms in total. The van der Waals surface area contributed by atoms with Crippen molar-refractivity contribution >= 4 is 0 Å². The molecule has 0 bridgehead atoms. The van der Waals surface area contributed by atoms with Gasteiger partial charge in [0.25, 0.3) is 0 Å². The summed E-state index contributed by atoms with van der Waals surface area (Å²) >= 11 is 0. The van der Waals surface area contributed by atoms with E-state index in [9.17, 15) is 0 Å². The van der Waals surface area contributed by atoms with Gasteiger partial charge < -0.3 is 0 Å².